The van der Waals surface area contributed by atoms with Gasteiger partial charge in [0, 0.05) is 16.8 Å². The molecule has 0 spiro atoms. The lowest BCUT2D eigenvalue weighted by Crippen LogP contribution is -2.27. The van der Waals surface area contributed by atoms with Gasteiger partial charge in [-0.05, 0) is 45.9 Å². The molecule has 0 heterocycles. The Morgan fingerprint density at radius 1 is 1.38 bits per heavy atom. The van der Waals surface area contributed by atoms with Crippen LogP contribution < -0.4 is 5.32 Å². The SMILES string of the molecule is CC(=O)c1cc(C#N)ccc1NC(C)(C)C. The van der Waals surface area contributed by atoms with E-state index in [0.717, 1.165) is 5.69 Å². The summed E-state index contributed by atoms with van der Waals surface area (Å²) in [7, 11) is 0. The van der Waals surface area contributed by atoms with Gasteiger partial charge in [-0.2, -0.15) is 5.26 Å². The van der Waals surface area contributed by atoms with Crippen molar-refractivity contribution < 1.29 is 4.79 Å². The average molecular weight is 216 g/mol. The molecule has 0 aromatic heterocycles. The molecule has 0 aliphatic heterocycles. The molecule has 0 atom stereocenters. The molecule has 1 aromatic carbocycles. The third-order valence-electron chi connectivity index (χ3n) is 2.04. The number of ketones is 1. The number of benzene rings is 1. The lowest BCUT2D eigenvalue weighted by atomic mass is 10.0. The summed E-state index contributed by atoms with van der Waals surface area (Å²) < 4.78 is 0. The minimum absolute atomic E-state index is 0.0381. The van der Waals surface area contributed by atoms with Crippen LogP contribution in [0.15, 0.2) is 18.2 Å². The van der Waals surface area contributed by atoms with Crippen molar-refractivity contribution in [1.82, 2.24) is 0 Å². The minimum Gasteiger partial charge on any atom is -0.380 e. The number of hydrogen-bond acceptors (Lipinski definition) is 3. The summed E-state index contributed by atoms with van der Waals surface area (Å²) in [5.74, 6) is -0.0381. The number of Topliss-reactive ketones (excluding diaryl/α,β-unsaturated/α-hetero) is 1. The van der Waals surface area contributed by atoms with Crippen LogP contribution in [0, 0.1) is 11.3 Å². The summed E-state index contributed by atoms with van der Waals surface area (Å²) in [6.45, 7) is 7.57. The molecule has 0 unspecified atom stereocenters. The zero-order valence-corrected chi connectivity index (χ0v) is 10.1. The fourth-order valence-corrected chi connectivity index (χ4v) is 1.42. The molecule has 0 saturated heterocycles. The first kappa shape index (κ1) is 12.3. The highest BCUT2D eigenvalue weighted by molar-refractivity contribution is 6.00. The number of nitrogens with zero attached hydrogens (tertiary/aromatic N) is 1. The van der Waals surface area contributed by atoms with E-state index < -0.39 is 0 Å². The second-order valence-corrected chi connectivity index (χ2v) is 4.80. The summed E-state index contributed by atoms with van der Waals surface area (Å²) >= 11 is 0. The van der Waals surface area contributed by atoms with Gasteiger partial charge >= 0.3 is 0 Å². The largest absolute Gasteiger partial charge is 0.380 e. The maximum absolute atomic E-state index is 11.5. The van der Waals surface area contributed by atoms with Crippen LogP contribution in [0.4, 0.5) is 5.69 Å². The highest BCUT2D eigenvalue weighted by atomic mass is 16.1. The molecule has 0 aliphatic carbocycles. The van der Waals surface area contributed by atoms with Gasteiger partial charge < -0.3 is 5.32 Å². The number of carbonyl (C=O) groups excluding carboxylic acids is 1. The maximum atomic E-state index is 11.5. The highest BCUT2D eigenvalue weighted by Gasteiger charge is 2.14. The van der Waals surface area contributed by atoms with Gasteiger partial charge in [0.15, 0.2) is 5.78 Å². The van der Waals surface area contributed by atoms with Gasteiger partial charge in [0.2, 0.25) is 0 Å². The van der Waals surface area contributed by atoms with Crippen LogP contribution in [0.3, 0.4) is 0 Å². The Morgan fingerprint density at radius 3 is 2.44 bits per heavy atom. The molecule has 1 aromatic rings. The molecule has 0 bridgehead atoms. The van der Waals surface area contributed by atoms with Crippen LogP contribution in [-0.4, -0.2) is 11.3 Å². The number of carbonyl (C=O) groups is 1. The molecular weight excluding hydrogens is 200 g/mol. The Labute approximate surface area is 96.1 Å². The van der Waals surface area contributed by atoms with Gasteiger partial charge in [0.05, 0.1) is 11.6 Å². The predicted octanol–water partition coefficient (Wildman–Crippen LogP) is 2.97. The van der Waals surface area contributed by atoms with E-state index in [1.54, 1.807) is 18.2 Å². The van der Waals surface area contributed by atoms with E-state index in [1.165, 1.54) is 6.92 Å². The molecule has 0 fully saturated rings. The molecule has 0 amide bonds. The van der Waals surface area contributed by atoms with Gasteiger partial charge in [-0.3, -0.25) is 4.79 Å². The van der Waals surface area contributed by atoms with Crippen LogP contribution in [0.25, 0.3) is 0 Å². The van der Waals surface area contributed by atoms with Crippen LogP contribution in [0.1, 0.15) is 43.6 Å². The minimum atomic E-state index is -0.113. The molecule has 1 rings (SSSR count). The fraction of sp³-hybridized carbons (Fsp3) is 0.385. The van der Waals surface area contributed by atoms with Crippen molar-refractivity contribution >= 4 is 11.5 Å². The summed E-state index contributed by atoms with van der Waals surface area (Å²) in [5, 5.41) is 12.0. The monoisotopic (exact) mass is 216 g/mol. The normalized spacial score (nSPS) is 10.7. The van der Waals surface area contributed by atoms with E-state index in [4.69, 9.17) is 5.26 Å². The molecule has 1 N–H and O–H groups in total. The molecule has 0 aliphatic rings. The smallest absolute Gasteiger partial charge is 0.161 e. The van der Waals surface area contributed by atoms with E-state index in [-0.39, 0.29) is 11.3 Å². The Bertz CT molecular complexity index is 450. The lowest BCUT2D eigenvalue weighted by Gasteiger charge is -2.23. The van der Waals surface area contributed by atoms with Gasteiger partial charge in [-0.15, -0.1) is 0 Å². The van der Waals surface area contributed by atoms with E-state index in [0.29, 0.717) is 11.1 Å². The Morgan fingerprint density at radius 2 is 2.00 bits per heavy atom. The molecule has 0 radical (unpaired) electrons. The van der Waals surface area contributed by atoms with Crippen molar-refractivity contribution in [2.24, 2.45) is 0 Å². The van der Waals surface area contributed by atoms with Crippen molar-refractivity contribution in [2.45, 2.75) is 33.2 Å². The summed E-state index contributed by atoms with van der Waals surface area (Å²) in [6, 6.07) is 7.14. The second-order valence-electron chi connectivity index (χ2n) is 4.80. The fourth-order valence-electron chi connectivity index (χ4n) is 1.42. The number of anilines is 1. The van der Waals surface area contributed by atoms with Crippen molar-refractivity contribution in [3.63, 3.8) is 0 Å². The zero-order chi connectivity index (χ0) is 12.3. The van der Waals surface area contributed by atoms with Gasteiger partial charge in [-0.25, -0.2) is 0 Å². The molecule has 84 valence electrons. The molecule has 0 saturated carbocycles. The first-order chi connectivity index (χ1) is 7.33. The van der Waals surface area contributed by atoms with Gasteiger partial charge in [0.1, 0.15) is 0 Å². The summed E-state index contributed by atoms with van der Waals surface area (Å²) in [5.41, 5.74) is 1.73. The van der Waals surface area contributed by atoms with Crippen LogP contribution in [0.5, 0.6) is 0 Å². The van der Waals surface area contributed by atoms with Crippen molar-refractivity contribution in [2.75, 3.05) is 5.32 Å². The maximum Gasteiger partial charge on any atom is 0.161 e. The predicted molar refractivity (Wildman–Crippen MR) is 64.5 cm³/mol. The van der Waals surface area contributed by atoms with Crippen molar-refractivity contribution in [3.05, 3.63) is 29.3 Å². The van der Waals surface area contributed by atoms with E-state index >= 15 is 0 Å². The Balaban J connectivity index is 3.20. The Kier molecular flexibility index (Phi) is 3.34. The standard InChI is InChI=1S/C13H16N2O/c1-9(16)11-7-10(8-14)5-6-12(11)15-13(2,3)4/h5-7,15H,1-4H3. The second kappa shape index (κ2) is 4.36. The first-order valence-corrected chi connectivity index (χ1v) is 5.17. The zero-order valence-electron chi connectivity index (χ0n) is 10.1. The molecule has 3 nitrogen and oxygen atoms in total. The highest BCUT2D eigenvalue weighted by Crippen LogP contribution is 2.21. The van der Waals surface area contributed by atoms with Crippen molar-refractivity contribution in [3.8, 4) is 6.07 Å². The molecule has 16 heavy (non-hydrogen) atoms. The van der Waals surface area contributed by atoms with Gasteiger partial charge in [-0.1, -0.05) is 0 Å². The number of rotatable bonds is 2. The summed E-state index contributed by atoms with van der Waals surface area (Å²) in [4.78, 5) is 11.5. The molecule has 3 heteroatoms. The van der Waals surface area contributed by atoms with Crippen LogP contribution in [-0.2, 0) is 0 Å². The number of nitriles is 1. The third-order valence-corrected chi connectivity index (χ3v) is 2.04. The van der Waals surface area contributed by atoms with Crippen LogP contribution >= 0.6 is 0 Å². The average Bonchev–Trinajstić information content (AvgIpc) is 2.15. The summed E-state index contributed by atoms with van der Waals surface area (Å²) in [6.07, 6.45) is 0. The van der Waals surface area contributed by atoms with E-state index in [2.05, 4.69) is 5.32 Å². The third kappa shape index (κ3) is 3.09. The first-order valence-electron chi connectivity index (χ1n) is 5.17. The van der Waals surface area contributed by atoms with E-state index in [1.807, 2.05) is 26.8 Å². The van der Waals surface area contributed by atoms with Gasteiger partial charge in [0.25, 0.3) is 0 Å². The van der Waals surface area contributed by atoms with Crippen molar-refractivity contribution in [1.29, 1.82) is 5.26 Å². The quantitative estimate of drug-likeness (QED) is 0.773. The van der Waals surface area contributed by atoms with Crippen LogP contribution in [0.2, 0.25) is 0 Å². The Hall–Kier alpha value is -1.82. The number of hydrogen-bond donors (Lipinski definition) is 1. The van der Waals surface area contributed by atoms with E-state index in [9.17, 15) is 4.79 Å². The number of nitrogens with one attached hydrogen (secondary N) is 1. The topological polar surface area (TPSA) is 52.9 Å². The lowest BCUT2D eigenvalue weighted by molar-refractivity contribution is 0.101. The molecular formula is C13H16N2O.